The van der Waals surface area contributed by atoms with E-state index in [0.717, 1.165) is 24.9 Å². The maximum Gasteiger partial charge on any atom is 0.242 e. The molecule has 1 amide bonds. The van der Waals surface area contributed by atoms with Gasteiger partial charge in [0.05, 0.1) is 0 Å². The van der Waals surface area contributed by atoms with Gasteiger partial charge in [-0.3, -0.25) is 14.7 Å². The van der Waals surface area contributed by atoms with E-state index < -0.39 is 5.54 Å². The molecule has 80 valence electrons. The third-order valence-corrected chi connectivity index (χ3v) is 3.23. The van der Waals surface area contributed by atoms with E-state index in [9.17, 15) is 4.79 Å². The molecular weight excluding hydrogens is 190 g/mol. The Balaban J connectivity index is 2.49. The van der Waals surface area contributed by atoms with Crippen molar-refractivity contribution in [3.63, 3.8) is 0 Å². The van der Waals surface area contributed by atoms with Crippen molar-refractivity contribution >= 4 is 5.91 Å². The van der Waals surface area contributed by atoms with Crippen molar-refractivity contribution in [3.8, 4) is 0 Å². The second-order valence-corrected chi connectivity index (χ2v) is 3.99. The van der Waals surface area contributed by atoms with E-state index in [1.807, 2.05) is 24.1 Å². The second kappa shape index (κ2) is 3.62. The Morgan fingerprint density at radius 2 is 2.47 bits per heavy atom. The van der Waals surface area contributed by atoms with Crippen LogP contribution < -0.4 is 5.73 Å². The minimum Gasteiger partial charge on any atom is -0.368 e. The Morgan fingerprint density at radius 1 is 1.67 bits per heavy atom. The second-order valence-electron chi connectivity index (χ2n) is 3.99. The molecule has 1 fully saturated rings. The van der Waals surface area contributed by atoms with Gasteiger partial charge in [-0.05, 0) is 32.5 Å². The molecule has 0 saturated carbocycles. The maximum atomic E-state index is 11.7. The molecule has 1 aromatic rings. The van der Waals surface area contributed by atoms with Crippen LogP contribution in [0.1, 0.15) is 18.4 Å². The van der Waals surface area contributed by atoms with E-state index in [-0.39, 0.29) is 5.91 Å². The zero-order valence-corrected chi connectivity index (χ0v) is 8.81. The molecule has 2 N–H and O–H groups in total. The van der Waals surface area contributed by atoms with Crippen LogP contribution in [0.15, 0.2) is 24.5 Å². The van der Waals surface area contributed by atoms with Gasteiger partial charge in [0.2, 0.25) is 5.91 Å². The lowest BCUT2D eigenvalue weighted by Gasteiger charge is -2.33. The zero-order chi connectivity index (χ0) is 10.9. The van der Waals surface area contributed by atoms with E-state index in [0.29, 0.717) is 0 Å². The summed E-state index contributed by atoms with van der Waals surface area (Å²) in [5.74, 6) is -0.282. The van der Waals surface area contributed by atoms with Gasteiger partial charge in [-0.1, -0.05) is 6.07 Å². The predicted octanol–water partition coefficient (Wildman–Crippen LogP) is 0.488. The molecule has 2 rings (SSSR count). The number of hydrogen-bond acceptors (Lipinski definition) is 3. The molecule has 0 radical (unpaired) electrons. The first-order valence-electron chi connectivity index (χ1n) is 5.09. The summed E-state index contributed by atoms with van der Waals surface area (Å²) in [5.41, 5.74) is 5.80. The van der Waals surface area contributed by atoms with Crippen molar-refractivity contribution in [3.05, 3.63) is 30.1 Å². The molecule has 0 unspecified atom stereocenters. The van der Waals surface area contributed by atoms with E-state index in [1.54, 1.807) is 12.4 Å². The van der Waals surface area contributed by atoms with Crippen LogP contribution in [0, 0.1) is 0 Å². The highest BCUT2D eigenvalue weighted by Gasteiger charge is 2.45. The lowest BCUT2D eigenvalue weighted by atomic mass is 9.88. The third kappa shape index (κ3) is 1.41. The average molecular weight is 205 g/mol. The number of hydrogen-bond donors (Lipinski definition) is 1. The highest BCUT2D eigenvalue weighted by molar-refractivity contribution is 5.86. The number of nitrogens with two attached hydrogens (primary N) is 1. The van der Waals surface area contributed by atoms with Crippen LogP contribution in [-0.4, -0.2) is 29.4 Å². The molecule has 0 aliphatic carbocycles. The monoisotopic (exact) mass is 205 g/mol. The zero-order valence-electron chi connectivity index (χ0n) is 8.81. The molecule has 1 saturated heterocycles. The van der Waals surface area contributed by atoms with Gasteiger partial charge in [-0.2, -0.15) is 0 Å². The number of primary amides is 1. The highest BCUT2D eigenvalue weighted by Crippen LogP contribution is 2.36. The number of likely N-dealkylation sites (tertiary alicyclic amines) is 1. The standard InChI is InChI=1S/C11H15N3O/c1-14-7-3-5-11(14,10(12)15)9-4-2-6-13-8-9/h2,4,6,8H,3,5,7H2,1H3,(H2,12,15)/t11-/m0/s1. The van der Waals surface area contributed by atoms with Gasteiger partial charge in [-0.25, -0.2) is 0 Å². The Morgan fingerprint density at radius 3 is 2.93 bits per heavy atom. The van der Waals surface area contributed by atoms with E-state index in [4.69, 9.17) is 5.73 Å². The van der Waals surface area contributed by atoms with Crippen LogP contribution in [0.2, 0.25) is 0 Å². The largest absolute Gasteiger partial charge is 0.368 e. The van der Waals surface area contributed by atoms with Crippen molar-refractivity contribution in [2.75, 3.05) is 13.6 Å². The van der Waals surface area contributed by atoms with Gasteiger partial charge < -0.3 is 5.73 Å². The SMILES string of the molecule is CN1CCC[C@@]1(C(N)=O)c1cccnc1. The molecule has 1 aliphatic heterocycles. The summed E-state index contributed by atoms with van der Waals surface area (Å²) in [5, 5.41) is 0. The van der Waals surface area contributed by atoms with Gasteiger partial charge in [-0.15, -0.1) is 0 Å². The van der Waals surface area contributed by atoms with Crippen LogP contribution in [0.5, 0.6) is 0 Å². The van der Waals surface area contributed by atoms with Crippen molar-refractivity contribution in [1.29, 1.82) is 0 Å². The summed E-state index contributed by atoms with van der Waals surface area (Å²) < 4.78 is 0. The molecule has 4 heteroatoms. The number of aromatic nitrogens is 1. The first kappa shape index (κ1) is 10.1. The number of carbonyl (C=O) groups is 1. The Bertz CT molecular complexity index is 365. The minimum absolute atomic E-state index is 0.282. The van der Waals surface area contributed by atoms with Crippen LogP contribution >= 0.6 is 0 Å². The van der Waals surface area contributed by atoms with Crippen LogP contribution in [-0.2, 0) is 10.3 Å². The third-order valence-electron chi connectivity index (χ3n) is 3.23. The Labute approximate surface area is 89.1 Å². The van der Waals surface area contributed by atoms with Crippen molar-refractivity contribution < 1.29 is 4.79 Å². The number of rotatable bonds is 2. The van der Waals surface area contributed by atoms with Crippen LogP contribution in [0.4, 0.5) is 0 Å². The molecule has 1 aromatic heterocycles. The lowest BCUT2D eigenvalue weighted by Crippen LogP contribution is -2.49. The Hall–Kier alpha value is -1.42. The fourth-order valence-electron chi connectivity index (χ4n) is 2.38. The fraction of sp³-hybridized carbons (Fsp3) is 0.455. The summed E-state index contributed by atoms with van der Waals surface area (Å²) >= 11 is 0. The molecule has 4 nitrogen and oxygen atoms in total. The van der Waals surface area contributed by atoms with Gasteiger partial charge in [0.15, 0.2) is 0 Å². The number of likely N-dealkylation sites (N-methyl/N-ethyl adjacent to an activating group) is 1. The molecule has 0 bridgehead atoms. The van der Waals surface area contributed by atoms with Crippen molar-refractivity contribution in [2.24, 2.45) is 5.73 Å². The smallest absolute Gasteiger partial charge is 0.242 e. The summed E-state index contributed by atoms with van der Waals surface area (Å²) in [4.78, 5) is 17.8. The van der Waals surface area contributed by atoms with Crippen molar-refractivity contribution in [2.45, 2.75) is 18.4 Å². The summed E-state index contributed by atoms with van der Waals surface area (Å²) in [6, 6.07) is 3.76. The predicted molar refractivity (Wildman–Crippen MR) is 57.0 cm³/mol. The summed E-state index contributed by atoms with van der Waals surface area (Å²) in [6.07, 6.45) is 5.21. The molecule has 15 heavy (non-hydrogen) atoms. The van der Waals surface area contributed by atoms with Gasteiger partial charge in [0.1, 0.15) is 5.54 Å². The highest BCUT2D eigenvalue weighted by atomic mass is 16.1. The lowest BCUT2D eigenvalue weighted by molar-refractivity contribution is -0.128. The number of pyridine rings is 1. The normalized spacial score (nSPS) is 26.7. The number of amides is 1. The van der Waals surface area contributed by atoms with Gasteiger partial charge in [0.25, 0.3) is 0 Å². The van der Waals surface area contributed by atoms with Crippen LogP contribution in [0.3, 0.4) is 0 Å². The summed E-state index contributed by atoms with van der Waals surface area (Å²) in [6.45, 7) is 0.901. The molecule has 1 atom stereocenters. The van der Waals surface area contributed by atoms with Gasteiger partial charge >= 0.3 is 0 Å². The van der Waals surface area contributed by atoms with E-state index in [1.165, 1.54) is 0 Å². The fourth-order valence-corrected chi connectivity index (χ4v) is 2.38. The van der Waals surface area contributed by atoms with Crippen molar-refractivity contribution in [1.82, 2.24) is 9.88 Å². The number of nitrogens with zero attached hydrogens (tertiary/aromatic N) is 2. The maximum absolute atomic E-state index is 11.7. The molecule has 0 aromatic carbocycles. The summed E-state index contributed by atoms with van der Waals surface area (Å²) in [7, 11) is 1.94. The number of carbonyl (C=O) groups excluding carboxylic acids is 1. The molecule has 1 aliphatic rings. The minimum atomic E-state index is -0.645. The first-order valence-corrected chi connectivity index (χ1v) is 5.09. The van der Waals surface area contributed by atoms with E-state index >= 15 is 0 Å². The topological polar surface area (TPSA) is 59.2 Å². The molecule has 0 spiro atoms. The average Bonchev–Trinajstić information content (AvgIpc) is 2.62. The first-order chi connectivity index (χ1) is 7.18. The van der Waals surface area contributed by atoms with Crippen LogP contribution in [0.25, 0.3) is 0 Å². The molecular formula is C11H15N3O. The van der Waals surface area contributed by atoms with Gasteiger partial charge in [0, 0.05) is 18.0 Å². The Kier molecular flexibility index (Phi) is 2.44. The molecule has 2 heterocycles. The quantitative estimate of drug-likeness (QED) is 0.764. The van der Waals surface area contributed by atoms with E-state index in [2.05, 4.69) is 4.98 Å².